The van der Waals surface area contributed by atoms with Crippen molar-refractivity contribution in [2.24, 2.45) is 0 Å². The molecule has 1 aromatic carbocycles. The summed E-state index contributed by atoms with van der Waals surface area (Å²) in [5, 5.41) is 4.02. The van der Waals surface area contributed by atoms with E-state index in [1.54, 1.807) is 18.2 Å². The Kier molecular flexibility index (Phi) is 7.18. The van der Waals surface area contributed by atoms with Crippen LogP contribution in [0, 0.1) is 0 Å². The van der Waals surface area contributed by atoms with Gasteiger partial charge in [0.25, 0.3) is 0 Å². The van der Waals surface area contributed by atoms with Gasteiger partial charge in [-0.3, -0.25) is 4.79 Å². The molecule has 15 heavy (non-hydrogen) atoms. The third-order valence-corrected chi connectivity index (χ3v) is 1.84. The Morgan fingerprint density at radius 1 is 1.20 bits per heavy atom. The van der Waals surface area contributed by atoms with Gasteiger partial charge in [0.15, 0.2) is 0 Å². The molecule has 0 fully saturated rings. The van der Waals surface area contributed by atoms with Crippen LogP contribution in [0.25, 0.3) is 0 Å². The Hall–Kier alpha value is -0.730. The van der Waals surface area contributed by atoms with Gasteiger partial charge in [0.1, 0.15) is 5.78 Å². The molecule has 0 bridgehead atoms. The number of hydrogen-bond acceptors (Lipinski definition) is 2. The maximum Gasteiger partial charge on any atom is 0.148 e. The Morgan fingerprint density at radius 3 is 2.07 bits per heavy atom. The molecule has 0 spiro atoms. The fourth-order valence-electron chi connectivity index (χ4n) is 0.882. The molecule has 2 nitrogen and oxygen atoms in total. The number of benzene rings is 1. The molecule has 0 aliphatic carbocycles. The monoisotopic (exact) mass is 247 g/mol. The van der Waals surface area contributed by atoms with Gasteiger partial charge in [-0.1, -0.05) is 37.0 Å². The van der Waals surface area contributed by atoms with Crippen LogP contribution in [0.2, 0.25) is 10.0 Å². The maximum absolute atomic E-state index is 10.7. The van der Waals surface area contributed by atoms with E-state index in [1.165, 1.54) is 6.92 Å². The predicted molar refractivity (Wildman–Crippen MR) is 67.0 cm³/mol. The van der Waals surface area contributed by atoms with E-state index >= 15 is 0 Å². The van der Waals surface area contributed by atoms with Gasteiger partial charge in [0, 0.05) is 15.7 Å². The number of nitrogens with one attached hydrogen (secondary N) is 1. The van der Waals surface area contributed by atoms with E-state index < -0.39 is 0 Å². The first kappa shape index (κ1) is 14.3. The topological polar surface area (TPSA) is 29.1 Å². The zero-order chi connectivity index (χ0) is 11.8. The minimum Gasteiger partial charge on any atom is -0.378 e. The van der Waals surface area contributed by atoms with Crippen LogP contribution in [-0.4, -0.2) is 12.3 Å². The van der Waals surface area contributed by atoms with E-state index in [2.05, 4.69) is 5.32 Å². The maximum atomic E-state index is 10.7. The predicted octanol–water partition coefficient (Wildman–Crippen LogP) is 4.02. The number of carbonyl (C=O) groups is 1. The lowest BCUT2D eigenvalue weighted by Crippen LogP contribution is -2.09. The van der Waals surface area contributed by atoms with Gasteiger partial charge < -0.3 is 5.32 Å². The zero-order valence-electron chi connectivity index (χ0n) is 9.10. The number of rotatable bonds is 3. The van der Waals surface area contributed by atoms with Gasteiger partial charge in [-0.2, -0.15) is 0 Å². The highest BCUT2D eigenvalue weighted by molar-refractivity contribution is 6.35. The fourth-order valence-corrected chi connectivity index (χ4v) is 1.41. The standard InChI is InChI=1S/C9H9Cl2NO.C2H6/c1-6(13)5-12-9-3-7(10)2-8(11)4-9;1-2/h2-4,12H,5H2,1H3;1-2H3. The second-order valence-electron chi connectivity index (χ2n) is 2.71. The SMILES string of the molecule is CC.CC(=O)CNc1cc(Cl)cc(Cl)c1. The minimum absolute atomic E-state index is 0.0658. The molecule has 84 valence electrons. The summed E-state index contributed by atoms with van der Waals surface area (Å²) in [6, 6.07) is 5.08. The quantitative estimate of drug-likeness (QED) is 0.875. The minimum atomic E-state index is 0.0658. The number of anilines is 1. The van der Waals surface area contributed by atoms with E-state index in [4.69, 9.17) is 23.2 Å². The Morgan fingerprint density at radius 2 is 1.67 bits per heavy atom. The molecule has 0 unspecified atom stereocenters. The number of hydrogen-bond donors (Lipinski definition) is 1. The molecular formula is C11H15Cl2NO. The van der Waals surface area contributed by atoms with Gasteiger partial charge in [0.2, 0.25) is 0 Å². The van der Waals surface area contributed by atoms with E-state index in [0.717, 1.165) is 5.69 Å². The molecule has 0 saturated heterocycles. The second kappa shape index (κ2) is 7.55. The van der Waals surface area contributed by atoms with Gasteiger partial charge in [-0.05, 0) is 25.1 Å². The third kappa shape index (κ3) is 6.37. The summed E-state index contributed by atoms with van der Waals surface area (Å²) in [5.74, 6) is 0.0658. The van der Waals surface area contributed by atoms with Crippen LogP contribution in [0.3, 0.4) is 0 Å². The lowest BCUT2D eigenvalue weighted by Gasteiger charge is -2.04. The Bertz CT molecular complexity index is 306. The van der Waals surface area contributed by atoms with Crippen LogP contribution in [0.5, 0.6) is 0 Å². The lowest BCUT2D eigenvalue weighted by molar-refractivity contribution is -0.115. The molecule has 0 aromatic heterocycles. The van der Waals surface area contributed by atoms with Crippen LogP contribution in [0.1, 0.15) is 20.8 Å². The number of Topliss-reactive ketones (excluding diaryl/α,β-unsaturated/α-hetero) is 1. The average molecular weight is 248 g/mol. The Labute approximate surface area is 101 Å². The third-order valence-electron chi connectivity index (χ3n) is 1.40. The number of ketones is 1. The first-order valence-electron chi connectivity index (χ1n) is 4.77. The molecule has 1 aromatic rings. The second-order valence-corrected chi connectivity index (χ2v) is 3.59. The number of halogens is 2. The van der Waals surface area contributed by atoms with E-state index in [1.807, 2.05) is 13.8 Å². The molecule has 0 saturated carbocycles. The average Bonchev–Trinajstić information content (AvgIpc) is 2.16. The summed E-state index contributed by atoms with van der Waals surface area (Å²) >= 11 is 11.5. The molecular weight excluding hydrogens is 233 g/mol. The molecule has 4 heteroatoms. The van der Waals surface area contributed by atoms with Gasteiger partial charge in [-0.15, -0.1) is 0 Å². The largest absolute Gasteiger partial charge is 0.378 e. The van der Waals surface area contributed by atoms with Crippen molar-refractivity contribution in [2.75, 3.05) is 11.9 Å². The van der Waals surface area contributed by atoms with Crippen LogP contribution in [0.15, 0.2) is 18.2 Å². The normalized spacial score (nSPS) is 8.87. The van der Waals surface area contributed by atoms with Gasteiger partial charge in [-0.25, -0.2) is 0 Å². The van der Waals surface area contributed by atoms with E-state index in [0.29, 0.717) is 10.0 Å². The van der Waals surface area contributed by atoms with Crippen molar-refractivity contribution in [3.05, 3.63) is 28.2 Å². The molecule has 0 heterocycles. The van der Waals surface area contributed by atoms with Crippen molar-refractivity contribution in [3.8, 4) is 0 Å². The van der Waals surface area contributed by atoms with Crippen molar-refractivity contribution in [1.82, 2.24) is 0 Å². The van der Waals surface area contributed by atoms with E-state index in [9.17, 15) is 4.79 Å². The summed E-state index contributed by atoms with van der Waals surface area (Å²) in [4.78, 5) is 10.7. The molecule has 1 rings (SSSR count). The lowest BCUT2D eigenvalue weighted by atomic mass is 10.3. The fraction of sp³-hybridized carbons (Fsp3) is 0.364. The summed E-state index contributed by atoms with van der Waals surface area (Å²) < 4.78 is 0. The molecule has 0 aliphatic heterocycles. The molecule has 0 radical (unpaired) electrons. The summed E-state index contributed by atoms with van der Waals surface area (Å²) in [6.45, 7) is 5.80. The van der Waals surface area contributed by atoms with Crippen molar-refractivity contribution in [2.45, 2.75) is 20.8 Å². The van der Waals surface area contributed by atoms with Gasteiger partial charge >= 0.3 is 0 Å². The van der Waals surface area contributed by atoms with Crippen LogP contribution in [0.4, 0.5) is 5.69 Å². The molecule has 1 N–H and O–H groups in total. The van der Waals surface area contributed by atoms with E-state index in [-0.39, 0.29) is 12.3 Å². The van der Waals surface area contributed by atoms with Gasteiger partial charge in [0.05, 0.1) is 6.54 Å². The Balaban J connectivity index is 0.000000921. The van der Waals surface area contributed by atoms with Crippen LogP contribution in [-0.2, 0) is 4.79 Å². The number of carbonyl (C=O) groups excluding carboxylic acids is 1. The molecule has 0 atom stereocenters. The summed E-state index contributed by atoms with van der Waals surface area (Å²) in [6.07, 6.45) is 0. The highest BCUT2D eigenvalue weighted by Gasteiger charge is 1.98. The smallest absolute Gasteiger partial charge is 0.148 e. The summed E-state index contributed by atoms with van der Waals surface area (Å²) in [5.41, 5.74) is 0.757. The van der Waals surface area contributed by atoms with Crippen molar-refractivity contribution in [1.29, 1.82) is 0 Å². The van der Waals surface area contributed by atoms with Crippen LogP contribution < -0.4 is 5.32 Å². The molecule has 0 aliphatic rings. The highest BCUT2D eigenvalue weighted by atomic mass is 35.5. The highest BCUT2D eigenvalue weighted by Crippen LogP contribution is 2.22. The summed E-state index contributed by atoms with van der Waals surface area (Å²) in [7, 11) is 0. The van der Waals surface area contributed by atoms with Crippen molar-refractivity contribution < 1.29 is 4.79 Å². The first-order chi connectivity index (χ1) is 7.08. The first-order valence-corrected chi connectivity index (χ1v) is 5.53. The molecule has 0 amide bonds. The zero-order valence-corrected chi connectivity index (χ0v) is 10.6. The van der Waals surface area contributed by atoms with Crippen LogP contribution >= 0.6 is 23.2 Å². The van der Waals surface area contributed by atoms with Crippen molar-refractivity contribution >= 4 is 34.7 Å². The van der Waals surface area contributed by atoms with Crippen molar-refractivity contribution in [3.63, 3.8) is 0 Å².